The molecule has 1 N–H and O–H groups in total. The number of carbonyl (C=O) groups excluding carboxylic acids is 1. The maximum atomic E-state index is 13.6. The smallest absolute Gasteiger partial charge is 0.228 e. The molecule has 1 amide bonds. The van der Waals surface area contributed by atoms with Crippen molar-refractivity contribution in [2.45, 2.75) is 31.7 Å². The van der Waals surface area contributed by atoms with Crippen molar-refractivity contribution in [1.29, 1.82) is 0 Å². The molecule has 198 valence electrons. The Morgan fingerprint density at radius 1 is 1.18 bits per heavy atom. The third kappa shape index (κ3) is 5.39. The first-order valence-corrected chi connectivity index (χ1v) is 13.0. The number of amides is 1. The van der Waals surface area contributed by atoms with Crippen molar-refractivity contribution in [1.82, 2.24) is 15.2 Å². The fourth-order valence-corrected chi connectivity index (χ4v) is 5.40. The Morgan fingerprint density at radius 3 is 2.63 bits per heavy atom. The summed E-state index contributed by atoms with van der Waals surface area (Å²) < 4.78 is 34.9. The quantitative estimate of drug-likeness (QED) is 0.296. The van der Waals surface area contributed by atoms with Gasteiger partial charge < -0.3 is 18.9 Å². The van der Waals surface area contributed by atoms with Crippen molar-refractivity contribution < 1.29 is 18.0 Å². The zero-order valence-corrected chi connectivity index (χ0v) is 22.3. The monoisotopic (exact) mass is 536 g/mol. The van der Waals surface area contributed by atoms with Crippen molar-refractivity contribution in [3.05, 3.63) is 83.2 Å². The minimum absolute atomic E-state index is 0.0200. The molecule has 4 aromatic rings. The van der Waals surface area contributed by atoms with Gasteiger partial charge in [0.25, 0.3) is 0 Å². The number of likely N-dealkylation sites (tertiary alicyclic amines) is 1. The van der Waals surface area contributed by atoms with Crippen LogP contribution in [0.3, 0.4) is 0 Å². The zero-order valence-electron chi connectivity index (χ0n) is 21.4. The molecule has 1 fully saturated rings. The highest BCUT2D eigenvalue weighted by Crippen LogP contribution is 2.41. The molecule has 2 aromatic carbocycles. The average Bonchev–Trinajstić information content (AvgIpc) is 3.27. The van der Waals surface area contributed by atoms with Crippen LogP contribution >= 0.6 is 12.8 Å². The number of anilines is 1. The minimum atomic E-state index is -0.419. The van der Waals surface area contributed by atoms with Crippen molar-refractivity contribution >= 4 is 35.4 Å². The van der Waals surface area contributed by atoms with Gasteiger partial charge in [0.1, 0.15) is 23.0 Å². The van der Waals surface area contributed by atoms with Gasteiger partial charge in [-0.2, -0.15) is 0 Å². The van der Waals surface area contributed by atoms with Gasteiger partial charge in [0.15, 0.2) is 0 Å². The van der Waals surface area contributed by atoms with E-state index < -0.39 is 5.82 Å². The number of halogens is 2. The lowest BCUT2D eigenvalue weighted by Gasteiger charge is -2.34. The van der Waals surface area contributed by atoms with Crippen molar-refractivity contribution in [3.63, 3.8) is 0 Å². The summed E-state index contributed by atoms with van der Waals surface area (Å²) in [5.41, 5.74) is 5.08. The van der Waals surface area contributed by atoms with Crippen LogP contribution in [0, 0.1) is 11.6 Å². The van der Waals surface area contributed by atoms with Crippen LogP contribution in [0.25, 0.3) is 22.3 Å². The number of nitrogens with one attached hydrogen (secondary N) is 1. The number of furan rings is 1. The molecule has 0 spiro atoms. The summed E-state index contributed by atoms with van der Waals surface area (Å²) in [5.74, 6) is 0.0693. The second-order valence-electron chi connectivity index (χ2n) is 9.70. The van der Waals surface area contributed by atoms with Crippen LogP contribution in [0.15, 0.2) is 59.1 Å². The van der Waals surface area contributed by atoms with Crippen LogP contribution in [0.2, 0.25) is 0 Å². The molecule has 0 bridgehead atoms. The van der Waals surface area contributed by atoms with E-state index in [0.29, 0.717) is 31.1 Å². The molecule has 1 saturated heterocycles. The molecule has 6 nitrogen and oxygen atoms in total. The summed E-state index contributed by atoms with van der Waals surface area (Å²) in [7, 11) is 3.75. The SMILES string of the molecule is CNCc1c(-c2ccc(F)cc2)oc2cc(N(C)S)c([C@@H]3CCCN(C(=O)Cc4ccc(F)cn4)C3)cc12. The highest BCUT2D eigenvalue weighted by Gasteiger charge is 2.29. The highest BCUT2D eigenvalue weighted by atomic mass is 32.1. The number of nitrogens with zero attached hydrogens (tertiary/aromatic N) is 3. The standard InChI is InChI=1S/C29H30F2N4O2S/c1-32-16-25-24-13-23(19-4-3-11-35(17-19)28(36)12-22-10-9-21(31)15-33-22)26(34(2)38)14-27(24)37-29(25)18-5-7-20(30)8-6-18/h5-10,13-15,19,32,38H,3-4,11-12,16-17H2,1-2H3/t19-/m1/s1. The largest absolute Gasteiger partial charge is 0.456 e. The maximum Gasteiger partial charge on any atom is 0.228 e. The highest BCUT2D eigenvalue weighted by molar-refractivity contribution is 7.81. The molecule has 38 heavy (non-hydrogen) atoms. The number of hydrogen-bond acceptors (Lipinski definition) is 6. The molecule has 1 aliphatic heterocycles. The number of aromatic nitrogens is 1. The molecule has 0 saturated carbocycles. The molecule has 0 aliphatic carbocycles. The van der Waals surface area contributed by atoms with Crippen LogP contribution in [-0.2, 0) is 17.8 Å². The topological polar surface area (TPSA) is 61.6 Å². The summed E-state index contributed by atoms with van der Waals surface area (Å²) in [6.07, 6.45) is 3.08. The molecule has 0 unspecified atom stereocenters. The van der Waals surface area contributed by atoms with E-state index in [4.69, 9.17) is 4.42 Å². The van der Waals surface area contributed by atoms with Gasteiger partial charge in [-0.05, 0) is 67.9 Å². The summed E-state index contributed by atoms with van der Waals surface area (Å²) in [6.45, 7) is 1.83. The lowest BCUT2D eigenvalue weighted by Crippen LogP contribution is -2.40. The first-order valence-electron chi connectivity index (χ1n) is 12.6. The summed E-state index contributed by atoms with van der Waals surface area (Å²) in [5, 5.41) is 4.21. The van der Waals surface area contributed by atoms with E-state index in [1.165, 1.54) is 18.2 Å². The molecule has 0 radical (unpaired) electrons. The number of hydrogen-bond donors (Lipinski definition) is 2. The number of benzene rings is 2. The predicted molar refractivity (Wildman–Crippen MR) is 148 cm³/mol. The number of rotatable bonds is 7. The average molecular weight is 537 g/mol. The van der Waals surface area contributed by atoms with Crippen LogP contribution in [0.5, 0.6) is 0 Å². The lowest BCUT2D eigenvalue weighted by molar-refractivity contribution is -0.131. The normalized spacial score (nSPS) is 15.7. The Kier molecular flexibility index (Phi) is 7.67. The van der Waals surface area contributed by atoms with E-state index in [2.05, 4.69) is 29.2 Å². The number of piperidine rings is 1. The molecular weight excluding hydrogens is 506 g/mol. The Bertz CT molecular complexity index is 1440. The first-order chi connectivity index (χ1) is 18.3. The molecule has 1 aliphatic rings. The van der Waals surface area contributed by atoms with Gasteiger partial charge in [0.05, 0.1) is 18.3 Å². The fraction of sp³-hybridized carbons (Fsp3) is 0.310. The van der Waals surface area contributed by atoms with Gasteiger partial charge >= 0.3 is 0 Å². The predicted octanol–water partition coefficient (Wildman–Crippen LogP) is 5.72. The Morgan fingerprint density at radius 2 is 1.95 bits per heavy atom. The second-order valence-corrected chi connectivity index (χ2v) is 10.3. The first kappa shape index (κ1) is 26.2. The lowest BCUT2D eigenvalue weighted by atomic mass is 9.88. The maximum absolute atomic E-state index is 13.6. The van der Waals surface area contributed by atoms with Gasteiger partial charge in [-0.25, -0.2) is 8.78 Å². The Balaban J connectivity index is 1.49. The van der Waals surface area contributed by atoms with Gasteiger partial charge in [0.2, 0.25) is 5.91 Å². The Hall–Kier alpha value is -3.43. The third-order valence-corrected chi connectivity index (χ3v) is 7.30. The number of fused-ring (bicyclic) bond motifs is 1. The minimum Gasteiger partial charge on any atom is -0.456 e. The van der Waals surface area contributed by atoms with E-state index in [1.54, 1.807) is 22.5 Å². The van der Waals surface area contributed by atoms with Crippen molar-refractivity contribution in [2.75, 3.05) is 31.5 Å². The second kappa shape index (κ2) is 11.1. The van der Waals surface area contributed by atoms with Gasteiger partial charge in [-0.1, -0.05) is 12.8 Å². The summed E-state index contributed by atoms with van der Waals surface area (Å²) >= 11 is 4.61. The molecule has 3 heterocycles. The van der Waals surface area contributed by atoms with E-state index in [1.807, 2.05) is 25.1 Å². The van der Waals surface area contributed by atoms with Crippen LogP contribution < -0.4 is 9.62 Å². The Labute approximate surface area is 226 Å². The van der Waals surface area contributed by atoms with Gasteiger partial charge in [0, 0.05) is 60.9 Å². The summed E-state index contributed by atoms with van der Waals surface area (Å²) in [4.78, 5) is 19.0. The van der Waals surface area contributed by atoms with Gasteiger partial charge in [-0.15, -0.1) is 0 Å². The van der Waals surface area contributed by atoms with Crippen LogP contribution in [-0.4, -0.2) is 43.0 Å². The number of pyridine rings is 1. The van der Waals surface area contributed by atoms with E-state index in [9.17, 15) is 13.6 Å². The molecular formula is C29H30F2N4O2S. The number of thiol groups is 1. The molecule has 5 rings (SSSR count). The molecule has 1 atom stereocenters. The van der Waals surface area contributed by atoms with Crippen LogP contribution in [0.1, 0.15) is 35.6 Å². The van der Waals surface area contributed by atoms with E-state index in [-0.39, 0.29) is 24.1 Å². The fourth-order valence-electron chi connectivity index (χ4n) is 5.23. The molecule has 9 heteroatoms. The van der Waals surface area contributed by atoms with E-state index >= 15 is 0 Å². The summed E-state index contributed by atoms with van der Waals surface area (Å²) in [6, 6.07) is 13.3. The van der Waals surface area contributed by atoms with E-state index in [0.717, 1.165) is 52.4 Å². The zero-order chi connectivity index (χ0) is 26.8. The van der Waals surface area contributed by atoms with Crippen molar-refractivity contribution in [2.24, 2.45) is 0 Å². The van der Waals surface area contributed by atoms with Gasteiger partial charge in [-0.3, -0.25) is 9.78 Å². The third-order valence-electron chi connectivity index (χ3n) is 7.08. The van der Waals surface area contributed by atoms with Crippen LogP contribution in [0.4, 0.5) is 14.5 Å². The van der Waals surface area contributed by atoms with Crippen molar-refractivity contribution in [3.8, 4) is 11.3 Å². The molecule has 2 aromatic heterocycles. The number of carbonyl (C=O) groups is 1.